The van der Waals surface area contributed by atoms with Crippen molar-refractivity contribution in [3.05, 3.63) is 69.8 Å². The van der Waals surface area contributed by atoms with Gasteiger partial charge in [0.25, 0.3) is 0 Å². The number of carboxylic acids is 2. The predicted octanol–water partition coefficient (Wildman–Crippen LogP) is 4.98. The van der Waals surface area contributed by atoms with Crippen LogP contribution >= 0.6 is 0 Å². The summed E-state index contributed by atoms with van der Waals surface area (Å²) in [6.45, 7) is 10.5. The van der Waals surface area contributed by atoms with Crippen molar-refractivity contribution in [1.29, 1.82) is 0 Å². The Labute approximate surface area is 194 Å². The van der Waals surface area contributed by atoms with Crippen LogP contribution in [0.25, 0.3) is 0 Å². The first-order valence-corrected chi connectivity index (χ1v) is 11.1. The van der Waals surface area contributed by atoms with E-state index in [2.05, 4.69) is 27.7 Å². The second-order valence-electron chi connectivity index (χ2n) is 10.3. The van der Waals surface area contributed by atoms with Crippen LogP contribution in [0.5, 0.6) is 0 Å². The van der Waals surface area contributed by atoms with Gasteiger partial charge in [0.1, 0.15) is 5.41 Å². The van der Waals surface area contributed by atoms with Crippen molar-refractivity contribution in [2.24, 2.45) is 0 Å². The largest absolute Gasteiger partial charge is 0.481 e. The summed E-state index contributed by atoms with van der Waals surface area (Å²) >= 11 is 0. The maximum atomic E-state index is 12.9. The average molecular weight is 453 g/mol. The molecule has 0 aliphatic heterocycles. The molecular weight excluding hydrogens is 420 g/mol. The molecule has 33 heavy (non-hydrogen) atoms. The zero-order chi connectivity index (χ0) is 24.8. The lowest BCUT2D eigenvalue weighted by molar-refractivity contribution is -0.148. The quantitative estimate of drug-likeness (QED) is 0.600. The van der Waals surface area contributed by atoms with Gasteiger partial charge in [0.05, 0.1) is 19.1 Å². The third-order valence-electron chi connectivity index (χ3n) is 7.24. The van der Waals surface area contributed by atoms with Gasteiger partial charge in [0, 0.05) is 0 Å². The fraction of sp³-hybridized carbons (Fsp3) is 0.444. The van der Waals surface area contributed by atoms with Crippen LogP contribution in [0.15, 0.2) is 36.4 Å². The minimum Gasteiger partial charge on any atom is -0.481 e. The molecule has 2 aromatic carbocycles. The highest BCUT2D eigenvalue weighted by atomic mass is 16.5. The topological polar surface area (TPSA) is 101 Å². The van der Waals surface area contributed by atoms with Gasteiger partial charge in [-0.15, -0.1) is 0 Å². The molecule has 0 spiro atoms. The van der Waals surface area contributed by atoms with Crippen LogP contribution in [0.2, 0.25) is 0 Å². The molecule has 0 heterocycles. The van der Waals surface area contributed by atoms with E-state index >= 15 is 0 Å². The summed E-state index contributed by atoms with van der Waals surface area (Å²) < 4.78 is 4.73. The number of methoxy groups -OCH3 is 1. The molecule has 0 amide bonds. The Hall–Kier alpha value is -3.15. The van der Waals surface area contributed by atoms with Crippen LogP contribution in [0.1, 0.15) is 85.1 Å². The molecule has 176 valence electrons. The summed E-state index contributed by atoms with van der Waals surface area (Å²) in [5, 5.41) is 20.3. The Morgan fingerprint density at radius 3 is 1.91 bits per heavy atom. The van der Waals surface area contributed by atoms with Gasteiger partial charge in [-0.2, -0.15) is 0 Å². The first-order valence-electron chi connectivity index (χ1n) is 11.1. The van der Waals surface area contributed by atoms with Crippen LogP contribution < -0.4 is 0 Å². The van der Waals surface area contributed by atoms with Crippen molar-refractivity contribution in [2.75, 3.05) is 7.11 Å². The average Bonchev–Trinajstić information content (AvgIpc) is 2.74. The minimum absolute atomic E-state index is 0.0605. The molecule has 0 fully saturated rings. The van der Waals surface area contributed by atoms with E-state index in [9.17, 15) is 24.6 Å². The van der Waals surface area contributed by atoms with Crippen molar-refractivity contribution in [2.45, 2.75) is 70.1 Å². The molecule has 6 heteroatoms. The molecule has 0 aromatic heterocycles. The summed E-state index contributed by atoms with van der Waals surface area (Å²) in [5.74, 6) is -3.01. The number of aliphatic carboxylic acids is 2. The van der Waals surface area contributed by atoms with Crippen molar-refractivity contribution in [3.8, 4) is 0 Å². The Morgan fingerprint density at radius 2 is 1.45 bits per heavy atom. The Morgan fingerprint density at radius 1 is 0.939 bits per heavy atom. The van der Waals surface area contributed by atoms with E-state index in [-0.39, 0.29) is 16.4 Å². The molecule has 0 bridgehead atoms. The maximum Gasteiger partial charge on any atom is 0.337 e. The fourth-order valence-corrected chi connectivity index (χ4v) is 5.08. The molecule has 3 rings (SSSR count). The Kier molecular flexibility index (Phi) is 6.18. The fourth-order valence-electron chi connectivity index (χ4n) is 5.08. The van der Waals surface area contributed by atoms with Crippen LogP contribution in [-0.4, -0.2) is 35.2 Å². The monoisotopic (exact) mass is 452 g/mol. The first kappa shape index (κ1) is 24.5. The predicted molar refractivity (Wildman–Crippen MR) is 125 cm³/mol. The second kappa shape index (κ2) is 8.32. The van der Waals surface area contributed by atoms with Crippen molar-refractivity contribution >= 4 is 17.9 Å². The first-order chi connectivity index (χ1) is 15.3. The highest BCUT2D eigenvalue weighted by Gasteiger charge is 2.47. The molecule has 6 nitrogen and oxygen atoms in total. The van der Waals surface area contributed by atoms with E-state index < -0.39 is 29.7 Å². The molecule has 0 saturated heterocycles. The molecule has 0 radical (unpaired) electrons. The number of fused-ring (bicyclic) bond motifs is 1. The lowest BCUT2D eigenvalue weighted by Crippen LogP contribution is -2.41. The van der Waals surface area contributed by atoms with Crippen LogP contribution in [0.3, 0.4) is 0 Å². The molecule has 1 aliphatic carbocycles. The number of benzene rings is 2. The zero-order valence-corrected chi connectivity index (χ0v) is 20.1. The number of carbonyl (C=O) groups is 3. The molecule has 2 aromatic rings. The summed E-state index contributed by atoms with van der Waals surface area (Å²) in [6, 6.07) is 9.92. The van der Waals surface area contributed by atoms with Gasteiger partial charge in [-0.3, -0.25) is 9.59 Å². The zero-order valence-electron chi connectivity index (χ0n) is 20.1. The minimum atomic E-state index is -1.81. The van der Waals surface area contributed by atoms with E-state index in [1.54, 1.807) is 0 Å². The molecule has 1 unspecified atom stereocenters. The third-order valence-corrected chi connectivity index (χ3v) is 7.24. The third kappa shape index (κ3) is 4.14. The summed E-state index contributed by atoms with van der Waals surface area (Å²) in [5.41, 5.74) is 1.97. The van der Waals surface area contributed by atoms with E-state index in [0.717, 1.165) is 24.0 Å². The number of ether oxygens (including phenoxy) is 1. The Bertz CT molecular complexity index is 1110. The van der Waals surface area contributed by atoms with Crippen molar-refractivity contribution in [1.82, 2.24) is 0 Å². The van der Waals surface area contributed by atoms with Crippen LogP contribution in [-0.2, 0) is 30.6 Å². The van der Waals surface area contributed by atoms with Gasteiger partial charge in [-0.1, -0.05) is 52.0 Å². The molecule has 0 saturated carbocycles. The highest BCUT2D eigenvalue weighted by Crippen LogP contribution is 2.49. The lowest BCUT2D eigenvalue weighted by atomic mass is 9.60. The van der Waals surface area contributed by atoms with Gasteiger partial charge in [-0.25, -0.2) is 4.79 Å². The second-order valence-corrected chi connectivity index (χ2v) is 10.3. The smallest absolute Gasteiger partial charge is 0.337 e. The summed E-state index contributed by atoms with van der Waals surface area (Å²) in [7, 11) is 1.27. The normalized spacial score (nSPS) is 18.0. The number of aryl methyl sites for hydroxylation is 1. The number of rotatable bonds is 6. The highest BCUT2D eigenvalue weighted by molar-refractivity contribution is 5.93. The SMILES string of the molecule is COC(=O)c1ccc(C(CC(=O)O)(C(=O)O)c2cc3c(cc2C)C(C)(C)CCC3(C)C)cc1. The summed E-state index contributed by atoms with van der Waals surface area (Å²) in [4.78, 5) is 36.7. The van der Waals surface area contributed by atoms with Gasteiger partial charge >= 0.3 is 17.9 Å². The molecule has 2 N–H and O–H groups in total. The van der Waals surface area contributed by atoms with E-state index in [1.807, 2.05) is 19.1 Å². The number of esters is 1. The van der Waals surface area contributed by atoms with Gasteiger partial charge in [0.15, 0.2) is 0 Å². The Balaban J connectivity index is 2.34. The number of carbonyl (C=O) groups excluding carboxylic acids is 1. The van der Waals surface area contributed by atoms with Gasteiger partial charge < -0.3 is 14.9 Å². The molecule has 1 atom stereocenters. The number of hydrogen-bond acceptors (Lipinski definition) is 4. The lowest BCUT2D eigenvalue weighted by Gasteiger charge is -2.43. The van der Waals surface area contributed by atoms with Crippen molar-refractivity contribution in [3.63, 3.8) is 0 Å². The molecule has 1 aliphatic rings. The maximum absolute atomic E-state index is 12.9. The number of carboxylic acid groups (broad SMARTS) is 2. The van der Waals surface area contributed by atoms with Crippen molar-refractivity contribution < 1.29 is 29.3 Å². The van der Waals surface area contributed by atoms with Gasteiger partial charge in [-0.05, 0) is 70.5 Å². The molecular formula is C27H32O6. The van der Waals surface area contributed by atoms with E-state index in [0.29, 0.717) is 11.1 Å². The van der Waals surface area contributed by atoms with Crippen LogP contribution in [0, 0.1) is 6.92 Å². The standard InChI is InChI=1S/C27H32O6/c1-16-13-20-21(26(4,5)12-11-25(20,2)3)14-19(16)27(24(31)32,15-22(28)29)18-9-7-17(8-10-18)23(30)33-6/h7-10,13-14H,11-12,15H2,1-6H3,(H,28,29)(H,31,32). The van der Waals surface area contributed by atoms with E-state index in [4.69, 9.17) is 4.74 Å². The van der Waals surface area contributed by atoms with E-state index in [1.165, 1.54) is 36.9 Å². The number of hydrogen-bond donors (Lipinski definition) is 2. The van der Waals surface area contributed by atoms with Gasteiger partial charge in [0.2, 0.25) is 0 Å². The summed E-state index contributed by atoms with van der Waals surface area (Å²) in [6.07, 6.45) is 1.34. The van der Waals surface area contributed by atoms with Crippen LogP contribution in [0.4, 0.5) is 0 Å².